The van der Waals surface area contributed by atoms with Gasteiger partial charge in [0.25, 0.3) is 10.0 Å². The Hall–Kier alpha value is -1.60. The lowest BCUT2D eigenvalue weighted by atomic mass is 10.2. The van der Waals surface area contributed by atoms with Crippen LogP contribution >= 0.6 is 15.9 Å². The van der Waals surface area contributed by atoms with Crippen LogP contribution in [-0.4, -0.2) is 8.42 Å². The minimum absolute atomic E-state index is 0.0960. The number of hydrogen-bond donors (Lipinski definition) is 2. The third-order valence-electron chi connectivity index (χ3n) is 3.03. The van der Waals surface area contributed by atoms with E-state index in [-0.39, 0.29) is 16.1 Å². The first-order valence-electron chi connectivity index (χ1n) is 6.05. The van der Waals surface area contributed by atoms with Gasteiger partial charge in [0.1, 0.15) is 5.82 Å². The predicted octanol–water partition coefficient (Wildman–Crippen LogP) is 3.59. The normalized spacial score (nSPS) is 11.4. The first-order valence-corrected chi connectivity index (χ1v) is 8.33. The third-order valence-corrected chi connectivity index (χ3v) is 5.07. The van der Waals surface area contributed by atoms with Crippen molar-refractivity contribution < 1.29 is 12.8 Å². The van der Waals surface area contributed by atoms with Crippen molar-refractivity contribution in [3.8, 4) is 0 Å². The van der Waals surface area contributed by atoms with Gasteiger partial charge in [0.15, 0.2) is 0 Å². The third kappa shape index (κ3) is 3.36. The van der Waals surface area contributed by atoms with E-state index in [0.29, 0.717) is 10.2 Å². The van der Waals surface area contributed by atoms with Crippen LogP contribution in [0.3, 0.4) is 0 Å². The van der Waals surface area contributed by atoms with Crippen molar-refractivity contribution in [3.05, 3.63) is 51.7 Å². The molecule has 2 aromatic rings. The van der Waals surface area contributed by atoms with E-state index in [1.165, 1.54) is 13.0 Å². The molecule has 0 bridgehead atoms. The smallest absolute Gasteiger partial charge is 0.262 e. The van der Waals surface area contributed by atoms with Crippen molar-refractivity contribution in [2.24, 2.45) is 0 Å². The van der Waals surface area contributed by atoms with Gasteiger partial charge in [0, 0.05) is 15.7 Å². The van der Waals surface area contributed by atoms with E-state index >= 15 is 0 Å². The molecule has 0 aliphatic heterocycles. The molecule has 0 amide bonds. The Labute approximate surface area is 131 Å². The van der Waals surface area contributed by atoms with Crippen molar-refractivity contribution in [2.45, 2.75) is 18.7 Å². The van der Waals surface area contributed by atoms with E-state index in [4.69, 9.17) is 5.73 Å². The number of nitrogens with one attached hydrogen (secondary N) is 1. The first kappa shape index (κ1) is 15.8. The number of hydrogen-bond acceptors (Lipinski definition) is 3. The summed E-state index contributed by atoms with van der Waals surface area (Å²) >= 11 is 3.27. The van der Waals surface area contributed by atoms with Gasteiger partial charge in [-0.1, -0.05) is 6.07 Å². The van der Waals surface area contributed by atoms with Crippen LogP contribution in [0.5, 0.6) is 0 Å². The van der Waals surface area contributed by atoms with Crippen molar-refractivity contribution in [3.63, 3.8) is 0 Å². The van der Waals surface area contributed by atoms with Crippen LogP contribution in [0.4, 0.5) is 15.8 Å². The van der Waals surface area contributed by atoms with E-state index < -0.39 is 15.8 Å². The molecule has 0 heterocycles. The maximum absolute atomic E-state index is 13.7. The monoisotopic (exact) mass is 372 g/mol. The van der Waals surface area contributed by atoms with E-state index in [1.54, 1.807) is 12.1 Å². The SMILES string of the molecule is Cc1ccc(Br)c(NS(=O)(=O)c2cc(N)c(C)c(F)c2)c1. The summed E-state index contributed by atoms with van der Waals surface area (Å²) in [6.07, 6.45) is 0. The Morgan fingerprint density at radius 1 is 1.19 bits per heavy atom. The number of anilines is 2. The second-order valence-electron chi connectivity index (χ2n) is 4.71. The number of nitrogen functional groups attached to an aromatic ring is 1. The van der Waals surface area contributed by atoms with Crippen molar-refractivity contribution in [2.75, 3.05) is 10.5 Å². The van der Waals surface area contributed by atoms with Crippen LogP contribution in [-0.2, 0) is 10.0 Å². The minimum atomic E-state index is -3.91. The van der Waals surface area contributed by atoms with Crippen molar-refractivity contribution >= 4 is 37.3 Å². The molecule has 3 N–H and O–H groups in total. The lowest BCUT2D eigenvalue weighted by Crippen LogP contribution is -2.14. The molecule has 0 radical (unpaired) electrons. The maximum Gasteiger partial charge on any atom is 0.262 e. The highest BCUT2D eigenvalue weighted by Gasteiger charge is 2.18. The van der Waals surface area contributed by atoms with E-state index in [2.05, 4.69) is 20.7 Å². The highest BCUT2D eigenvalue weighted by atomic mass is 79.9. The molecule has 0 fully saturated rings. The summed E-state index contributed by atoms with van der Waals surface area (Å²) in [5.74, 6) is -0.654. The van der Waals surface area contributed by atoms with Crippen LogP contribution in [0.1, 0.15) is 11.1 Å². The second kappa shape index (κ2) is 5.65. The maximum atomic E-state index is 13.7. The average Bonchev–Trinajstić information content (AvgIpc) is 2.39. The average molecular weight is 373 g/mol. The van der Waals surface area contributed by atoms with Gasteiger partial charge in [-0.05, 0) is 59.6 Å². The summed E-state index contributed by atoms with van der Waals surface area (Å²) in [6.45, 7) is 3.33. The fourth-order valence-corrected chi connectivity index (χ4v) is 3.34. The summed E-state index contributed by atoms with van der Waals surface area (Å²) in [5.41, 5.74) is 7.23. The molecule has 0 saturated carbocycles. The summed E-state index contributed by atoms with van der Waals surface area (Å²) in [4.78, 5) is -0.212. The van der Waals surface area contributed by atoms with Gasteiger partial charge in [-0.15, -0.1) is 0 Å². The number of sulfonamides is 1. The van der Waals surface area contributed by atoms with E-state index in [9.17, 15) is 12.8 Å². The number of halogens is 2. The molecule has 4 nitrogen and oxygen atoms in total. The van der Waals surface area contributed by atoms with Crippen LogP contribution in [0.15, 0.2) is 39.7 Å². The summed E-state index contributed by atoms with van der Waals surface area (Å²) < 4.78 is 41.3. The molecule has 7 heteroatoms. The molecule has 2 rings (SSSR count). The van der Waals surface area contributed by atoms with Crippen LogP contribution in [0.25, 0.3) is 0 Å². The van der Waals surface area contributed by atoms with Gasteiger partial charge in [0.05, 0.1) is 10.6 Å². The standard InChI is InChI=1S/C14H14BrFN2O2S/c1-8-3-4-11(15)14(5-8)18-21(19,20)10-6-12(16)9(2)13(17)7-10/h3-7,18H,17H2,1-2H3. The molecule has 0 spiro atoms. The van der Waals surface area contributed by atoms with Crippen LogP contribution < -0.4 is 10.5 Å². The molecule has 112 valence electrons. The lowest BCUT2D eigenvalue weighted by Gasteiger charge is -2.12. The van der Waals surface area contributed by atoms with E-state index in [0.717, 1.165) is 11.6 Å². The Bertz CT molecular complexity index is 784. The van der Waals surface area contributed by atoms with Gasteiger partial charge in [0.2, 0.25) is 0 Å². The van der Waals surface area contributed by atoms with Crippen molar-refractivity contribution in [1.82, 2.24) is 0 Å². The van der Waals surface area contributed by atoms with Gasteiger partial charge < -0.3 is 5.73 Å². The molecule has 21 heavy (non-hydrogen) atoms. The van der Waals surface area contributed by atoms with Gasteiger partial charge >= 0.3 is 0 Å². The highest BCUT2D eigenvalue weighted by molar-refractivity contribution is 9.10. The predicted molar refractivity (Wildman–Crippen MR) is 85.2 cm³/mol. The van der Waals surface area contributed by atoms with E-state index in [1.807, 2.05) is 13.0 Å². The molecule has 0 atom stereocenters. The quantitative estimate of drug-likeness (QED) is 0.808. The first-order chi connectivity index (χ1) is 9.70. The second-order valence-corrected chi connectivity index (χ2v) is 7.24. The highest BCUT2D eigenvalue weighted by Crippen LogP contribution is 2.27. The van der Waals surface area contributed by atoms with Gasteiger partial charge in [-0.25, -0.2) is 12.8 Å². The van der Waals surface area contributed by atoms with Gasteiger partial charge in [-0.2, -0.15) is 0 Å². The van der Waals surface area contributed by atoms with Crippen molar-refractivity contribution in [1.29, 1.82) is 0 Å². The molecule has 0 aliphatic carbocycles. The summed E-state index contributed by atoms with van der Waals surface area (Å²) in [7, 11) is -3.91. The zero-order chi connectivity index (χ0) is 15.8. The Balaban J connectivity index is 2.46. The van der Waals surface area contributed by atoms with Crippen LogP contribution in [0, 0.1) is 19.7 Å². The molecule has 0 unspecified atom stereocenters. The molecule has 2 aromatic carbocycles. The zero-order valence-corrected chi connectivity index (χ0v) is 13.8. The summed E-state index contributed by atoms with van der Waals surface area (Å²) in [6, 6.07) is 7.44. The number of aryl methyl sites for hydroxylation is 1. The lowest BCUT2D eigenvalue weighted by molar-refractivity contribution is 0.593. The largest absolute Gasteiger partial charge is 0.398 e. The summed E-state index contributed by atoms with van der Waals surface area (Å²) in [5, 5.41) is 0. The Morgan fingerprint density at radius 3 is 2.48 bits per heavy atom. The fourth-order valence-electron chi connectivity index (χ4n) is 1.75. The number of nitrogens with two attached hydrogens (primary N) is 1. The molecular weight excluding hydrogens is 359 g/mol. The zero-order valence-electron chi connectivity index (χ0n) is 11.4. The Kier molecular flexibility index (Phi) is 4.25. The molecule has 0 aliphatic rings. The van der Waals surface area contributed by atoms with Crippen LogP contribution in [0.2, 0.25) is 0 Å². The Morgan fingerprint density at radius 2 is 1.86 bits per heavy atom. The number of rotatable bonds is 3. The minimum Gasteiger partial charge on any atom is -0.398 e. The number of benzene rings is 2. The van der Waals surface area contributed by atoms with Gasteiger partial charge in [-0.3, -0.25) is 4.72 Å². The fraction of sp³-hybridized carbons (Fsp3) is 0.143. The molecule has 0 saturated heterocycles. The topological polar surface area (TPSA) is 72.2 Å². The molecular formula is C14H14BrFN2O2S. The molecule has 0 aromatic heterocycles.